The van der Waals surface area contributed by atoms with Gasteiger partial charge in [-0.05, 0) is 43.3 Å². The van der Waals surface area contributed by atoms with Crippen molar-refractivity contribution in [2.45, 2.75) is 103 Å². The summed E-state index contributed by atoms with van der Waals surface area (Å²) in [6.45, 7) is 8.02. The third kappa shape index (κ3) is 10.2. The van der Waals surface area contributed by atoms with Crippen LogP contribution in [-0.2, 0) is 25.7 Å². The van der Waals surface area contributed by atoms with Crippen LogP contribution in [0.25, 0.3) is 0 Å². The minimum Gasteiger partial charge on any atom is -0.456 e. The van der Waals surface area contributed by atoms with Crippen molar-refractivity contribution in [3.8, 4) is 0 Å². The summed E-state index contributed by atoms with van der Waals surface area (Å²) < 4.78 is 5.81. The third-order valence-electron chi connectivity index (χ3n) is 6.82. The first-order valence-corrected chi connectivity index (χ1v) is 17.4. The Bertz CT molecular complexity index is 1060. The number of nitrogens with zero attached hydrogens (tertiary/aromatic N) is 2. The number of hydrogen-bond donors (Lipinski definition) is 2. The molecule has 2 amide bonds. The SMILES string of the molecule is CCCCCCCCSCC/C=C/[C@@H]1CC(=O)NCc2nc(cs2)C2=N[C@@](C)(CS2)C(=O)N[C@@H](C(C)C)C(=O)O1. The number of thiazole rings is 1. The number of amides is 2. The fourth-order valence-electron chi connectivity index (χ4n) is 4.32. The molecule has 0 saturated carbocycles. The Labute approximate surface area is 251 Å². The molecule has 0 radical (unpaired) electrons. The summed E-state index contributed by atoms with van der Waals surface area (Å²) in [7, 11) is 0. The molecular formula is C29H44N4O4S3. The number of rotatable bonds is 12. The predicted molar refractivity (Wildman–Crippen MR) is 167 cm³/mol. The van der Waals surface area contributed by atoms with E-state index < -0.39 is 23.7 Å². The van der Waals surface area contributed by atoms with Crippen LogP contribution in [0.15, 0.2) is 22.5 Å². The van der Waals surface area contributed by atoms with Crippen molar-refractivity contribution in [2.24, 2.45) is 10.9 Å². The molecule has 8 nitrogen and oxygen atoms in total. The first kappa shape index (κ1) is 32.7. The lowest BCUT2D eigenvalue weighted by Crippen LogP contribution is -2.53. The van der Waals surface area contributed by atoms with Gasteiger partial charge in [0.25, 0.3) is 0 Å². The molecule has 11 heteroatoms. The van der Waals surface area contributed by atoms with Crippen molar-refractivity contribution < 1.29 is 19.1 Å². The maximum absolute atomic E-state index is 13.3. The highest BCUT2D eigenvalue weighted by atomic mass is 32.2. The normalized spacial score (nSPS) is 24.2. The standard InChI is InChI=1S/C29H44N4O4S3/c1-5-6-7-8-9-11-14-38-15-12-10-13-21-16-23(34)30-17-24-31-22(18-39-24)26-33-29(4,19-40-26)28(36)32-25(20(2)3)27(35)37-21/h10,13,18,20-21,25H,5-9,11-12,14-17,19H2,1-4H3,(H,30,34)(H,32,36)/b13-10+/t21-,25+,29+/m1/s1. The molecule has 3 heterocycles. The molecule has 0 fully saturated rings. The second-order valence-corrected chi connectivity index (χ2v) is 14.0. The highest BCUT2D eigenvalue weighted by Crippen LogP contribution is 2.32. The minimum atomic E-state index is -1.00. The highest BCUT2D eigenvalue weighted by Gasteiger charge is 2.41. The van der Waals surface area contributed by atoms with Gasteiger partial charge >= 0.3 is 5.97 Å². The molecule has 3 rings (SSSR count). The number of aliphatic imine (C=N–C) groups is 1. The number of hydrogen-bond acceptors (Lipinski definition) is 9. The molecule has 0 spiro atoms. The lowest BCUT2D eigenvalue weighted by atomic mass is 10.0. The minimum absolute atomic E-state index is 0.00438. The Hall–Kier alpha value is -1.85. The number of unbranched alkanes of at least 4 members (excludes halogenated alkanes) is 5. The van der Waals surface area contributed by atoms with Crippen LogP contribution >= 0.6 is 34.9 Å². The maximum atomic E-state index is 13.3. The average Bonchev–Trinajstić information content (AvgIpc) is 3.55. The molecule has 1 aromatic heterocycles. The van der Waals surface area contributed by atoms with E-state index in [1.54, 1.807) is 13.0 Å². The summed E-state index contributed by atoms with van der Waals surface area (Å²) in [6.07, 6.45) is 11.7. The summed E-state index contributed by atoms with van der Waals surface area (Å²) in [5.74, 6) is 1.30. The molecular weight excluding hydrogens is 565 g/mol. The van der Waals surface area contributed by atoms with Crippen LogP contribution in [0.1, 0.15) is 89.8 Å². The van der Waals surface area contributed by atoms with Gasteiger partial charge in [-0.15, -0.1) is 23.1 Å². The van der Waals surface area contributed by atoms with Crippen LogP contribution in [0.4, 0.5) is 0 Å². The fourth-order valence-corrected chi connectivity index (χ4v) is 7.16. The lowest BCUT2D eigenvalue weighted by molar-refractivity contribution is -0.153. The lowest BCUT2D eigenvalue weighted by Gasteiger charge is -2.27. The summed E-state index contributed by atoms with van der Waals surface area (Å²) in [6, 6.07) is -0.848. The van der Waals surface area contributed by atoms with Crippen LogP contribution in [0, 0.1) is 5.92 Å². The van der Waals surface area contributed by atoms with Crippen molar-refractivity contribution in [1.82, 2.24) is 15.6 Å². The van der Waals surface area contributed by atoms with Crippen molar-refractivity contribution >= 4 is 57.7 Å². The molecule has 222 valence electrons. The first-order valence-electron chi connectivity index (χ1n) is 14.4. The van der Waals surface area contributed by atoms with Crippen molar-refractivity contribution in [2.75, 3.05) is 17.3 Å². The Morgan fingerprint density at radius 2 is 1.95 bits per heavy atom. The topological polar surface area (TPSA) is 110 Å². The van der Waals surface area contributed by atoms with E-state index in [0.717, 1.165) is 22.9 Å². The molecule has 4 bridgehead atoms. The summed E-state index contributed by atoms with van der Waals surface area (Å²) >= 11 is 4.84. The van der Waals surface area contributed by atoms with Gasteiger partial charge in [-0.25, -0.2) is 9.78 Å². The van der Waals surface area contributed by atoms with Gasteiger partial charge in [0.15, 0.2) is 0 Å². The highest BCUT2D eigenvalue weighted by molar-refractivity contribution is 8.14. The predicted octanol–water partition coefficient (Wildman–Crippen LogP) is 5.51. The molecule has 0 saturated heterocycles. The van der Waals surface area contributed by atoms with Gasteiger partial charge in [0, 0.05) is 11.1 Å². The van der Waals surface area contributed by atoms with Gasteiger partial charge in [-0.3, -0.25) is 14.6 Å². The van der Waals surface area contributed by atoms with Gasteiger partial charge in [0.2, 0.25) is 11.8 Å². The summed E-state index contributed by atoms with van der Waals surface area (Å²) in [4.78, 5) is 48.6. The zero-order valence-corrected chi connectivity index (χ0v) is 26.7. The molecule has 2 aliphatic heterocycles. The summed E-state index contributed by atoms with van der Waals surface area (Å²) in [5, 5.41) is 9.13. The van der Waals surface area contributed by atoms with Crippen LogP contribution < -0.4 is 10.6 Å². The van der Waals surface area contributed by atoms with Crippen LogP contribution in [0.5, 0.6) is 0 Å². The first-order chi connectivity index (χ1) is 19.2. The number of thioether (sulfide) groups is 2. The molecule has 1 aromatic rings. The zero-order valence-electron chi connectivity index (χ0n) is 24.2. The second-order valence-electron chi connectivity index (χ2n) is 10.9. The number of ether oxygens (including phenoxy) is 1. The zero-order chi connectivity index (χ0) is 29.0. The largest absolute Gasteiger partial charge is 0.456 e. The molecule has 40 heavy (non-hydrogen) atoms. The monoisotopic (exact) mass is 608 g/mol. The number of cyclic esters (lactones) is 1. The number of nitrogens with one attached hydrogen (secondary N) is 2. The Morgan fingerprint density at radius 3 is 2.73 bits per heavy atom. The van der Waals surface area contributed by atoms with E-state index in [-0.39, 0.29) is 30.7 Å². The maximum Gasteiger partial charge on any atom is 0.329 e. The molecule has 0 unspecified atom stereocenters. The van der Waals surface area contributed by atoms with E-state index in [2.05, 4.69) is 27.5 Å². The summed E-state index contributed by atoms with van der Waals surface area (Å²) in [5.41, 5.74) is -0.299. The smallest absolute Gasteiger partial charge is 0.329 e. The van der Waals surface area contributed by atoms with Crippen LogP contribution in [-0.4, -0.2) is 62.8 Å². The van der Waals surface area contributed by atoms with Crippen LogP contribution in [0.2, 0.25) is 0 Å². The molecule has 3 atom stereocenters. The second kappa shape index (κ2) is 16.6. The molecule has 0 aliphatic carbocycles. The van der Waals surface area contributed by atoms with E-state index in [0.29, 0.717) is 16.5 Å². The van der Waals surface area contributed by atoms with Crippen LogP contribution in [0.3, 0.4) is 0 Å². The van der Waals surface area contributed by atoms with Crippen molar-refractivity contribution in [3.05, 3.63) is 28.2 Å². The van der Waals surface area contributed by atoms with E-state index >= 15 is 0 Å². The van der Waals surface area contributed by atoms with E-state index in [9.17, 15) is 14.4 Å². The fraction of sp³-hybridized carbons (Fsp3) is 0.690. The van der Waals surface area contributed by atoms with Crippen molar-refractivity contribution in [3.63, 3.8) is 0 Å². The van der Waals surface area contributed by atoms with Gasteiger partial charge in [0.1, 0.15) is 33.4 Å². The number of allylic oxidation sites excluding steroid dienone is 1. The molecule has 2 aliphatic rings. The number of aromatic nitrogens is 1. The quantitative estimate of drug-likeness (QED) is 0.183. The number of fused-ring (bicyclic) bond motifs is 4. The molecule has 0 aromatic carbocycles. The number of carbonyl (C=O) groups excluding carboxylic acids is 3. The Balaban J connectivity index is 1.64. The Kier molecular flexibility index (Phi) is 13.5. The van der Waals surface area contributed by atoms with E-state index in [4.69, 9.17) is 4.74 Å². The third-order valence-corrected chi connectivity index (χ3v) is 10.0. The van der Waals surface area contributed by atoms with E-state index in [1.807, 2.05) is 37.1 Å². The number of carbonyl (C=O) groups is 3. The van der Waals surface area contributed by atoms with Gasteiger partial charge in [0.05, 0.1) is 13.0 Å². The van der Waals surface area contributed by atoms with Gasteiger partial charge in [-0.2, -0.15) is 11.8 Å². The Morgan fingerprint density at radius 1 is 1.18 bits per heavy atom. The van der Waals surface area contributed by atoms with Gasteiger partial charge < -0.3 is 15.4 Å². The van der Waals surface area contributed by atoms with Gasteiger partial charge in [-0.1, -0.05) is 59.0 Å². The average molecular weight is 609 g/mol. The van der Waals surface area contributed by atoms with E-state index in [1.165, 1.54) is 61.6 Å². The number of esters is 1. The van der Waals surface area contributed by atoms with Crippen molar-refractivity contribution in [1.29, 1.82) is 0 Å². The molecule has 2 N–H and O–H groups in total.